The first-order valence-corrected chi connectivity index (χ1v) is 5.12. The third-order valence-electron chi connectivity index (χ3n) is 2.55. The molecular weight excluding hydrogens is 208 g/mol. The number of hydrogen-bond acceptors (Lipinski definition) is 0. The van der Waals surface area contributed by atoms with Crippen LogP contribution in [-0.2, 0) is 0 Å². The predicted molar refractivity (Wildman–Crippen MR) is 63.1 cm³/mol. The number of nitrogens with one attached hydrogen (secondary N) is 2. The highest BCUT2D eigenvalue weighted by Crippen LogP contribution is 2.29. The lowest BCUT2D eigenvalue weighted by atomic mass is 10.1. The van der Waals surface area contributed by atoms with Crippen LogP contribution in [0.15, 0.2) is 42.9 Å². The number of fused-ring (bicyclic) bond motifs is 1. The van der Waals surface area contributed by atoms with Crippen molar-refractivity contribution in [3.05, 3.63) is 47.9 Å². The molecule has 0 saturated carbocycles. The molecule has 15 heavy (non-hydrogen) atoms. The van der Waals surface area contributed by atoms with Gasteiger partial charge in [-0.2, -0.15) is 0 Å². The normalized spacial score (nSPS) is 11.0. The summed E-state index contributed by atoms with van der Waals surface area (Å²) in [6.07, 6.45) is 5.91. The number of H-pyrrole nitrogens is 2. The van der Waals surface area contributed by atoms with E-state index in [0.717, 1.165) is 10.5 Å². The molecular formula is C12H9ClN2. The summed E-state index contributed by atoms with van der Waals surface area (Å²) in [6, 6.07) is 7.94. The third kappa shape index (κ3) is 1.34. The summed E-state index contributed by atoms with van der Waals surface area (Å²) < 4.78 is 0. The largest absolute Gasteiger partial charge is 0.367 e. The Bertz CT molecular complexity index is 593. The molecule has 2 aromatic heterocycles. The van der Waals surface area contributed by atoms with Crippen LogP contribution in [0.5, 0.6) is 0 Å². The molecule has 1 aromatic carbocycles. The maximum Gasteiger partial charge on any atom is 0.0475 e. The highest BCUT2D eigenvalue weighted by Gasteiger charge is 2.05. The molecule has 3 heteroatoms. The van der Waals surface area contributed by atoms with Crippen molar-refractivity contribution in [1.82, 2.24) is 9.97 Å². The van der Waals surface area contributed by atoms with Crippen LogP contribution in [-0.4, -0.2) is 9.97 Å². The van der Waals surface area contributed by atoms with Gasteiger partial charge in [-0.05, 0) is 18.2 Å². The minimum Gasteiger partial charge on any atom is -0.367 e. The van der Waals surface area contributed by atoms with E-state index in [-0.39, 0.29) is 0 Å². The lowest BCUT2D eigenvalue weighted by Crippen LogP contribution is -1.70. The van der Waals surface area contributed by atoms with Gasteiger partial charge in [0.05, 0.1) is 0 Å². The van der Waals surface area contributed by atoms with Crippen LogP contribution >= 0.6 is 11.6 Å². The highest BCUT2D eigenvalue weighted by atomic mass is 35.5. The van der Waals surface area contributed by atoms with Gasteiger partial charge in [0.25, 0.3) is 0 Å². The van der Waals surface area contributed by atoms with E-state index in [0.29, 0.717) is 0 Å². The second kappa shape index (κ2) is 3.17. The first-order valence-electron chi connectivity index (χ1n) is 4.74. The van der Waals surface area contributed by atoms with Crippen molar-refractivity contribution in [2.45, 2.75) is 0 Å². The molecule has 0 amide bonds. The molecule has 0 aliphatic rings. The lowest BCUT2D eigenvalue weighted by molar-refractivity contribution is 1.41. The average molecular weight is 217 g/mol. The Balaban J connectivity index is 2.29. The van der Waals surface area contributed by atoms with Gasteiger partial charge in [0, 0.05) is 45.6 Å². The summed E-state index contributed by atoms with van der Waals surface area (Å²) in [5.41, 5.74) is 3.45. The summed E-state index contributed by atoms with van der Waals surface area (Å²) in [7, 11) is 0. The van der Waals surface area contributed by atoms with Gasteiger partial charge in [0.2, 0.25) is 0 Å². The van der Waals surface area contributed by atoms with Crippen LogP contribution in [0, 0.1) is 0 Å². The Morgan fingerprint density at radius 1 is 1.07 bits per heavy atom. The Labute approximate surface area is 91.9 Å². The molecule has 0 aliphatic heterocycles. The molecule has 2 heterocycles. The van der Waals surface area contributed by atoms with Crippen molar-refractivity contribution in [3.8, 4) is 11.1 Å². The molecule has 0 fully saturated rings. The van der Waals surface area contributed by atoms with Crippen LogP contribution < -0.4 is 0 Å². The van der Waals surface area contributed by atoms with Crippen molar-refractivity contribution in [3.63, 3.8) is 0 Å². The summed E-state index contributed by atoms with van der Waals surface area (Å²) in [5.74, 6) is 0. The number of aromatic nitrogens is 2. The molecule has 0 atom stereocenters. The predicted octanol–water partition coefficient (Wildman–Crippen LogP) is 3.82. The first kappa shape index (κ1) is 8.62. The van der Waals surface area contributed by atoms with Crippen molar-refractivity contribution >= 4 is 22.5 Å². The zero-order valence-electron chi connectivity index (χ0n) is 7.92. The van der Waals surface area contributed by atoms with Gasteiger partial charge in [0.15, 0.2) is 0 Å². The van der Waals surface area contributed by atoms with E-state index in [1.54, 1.807) is 0 Å². The Morgan fingerprint density at radius 2 is 2.00 bits per heavy atom. The van der Waals surface area contributed by atoms with Crippen LogP contribution in [0.3, 0.4) is 0 Å². The fourth-order valence-electron chi connectivity index (χ4n) is 1.83. The van der Waals surface area contributed by atoms with Gasteiger partial charge in [0.1, 0.15) is 0 Å². The highest BCUT2D eigenvalue weighted by molar-refractivity contribution is 6.31. The molecule has 0 radical (unpaired) electrons. The van der Waals surface area contributed by atoms with E-state index in [2.05, 4.69) is 16.0 Å². The zero-order chi connectivity index (χ0) is 10.3. The maximum absolute atomic E-state index is 5.93. The van der Waals surface area contributed by atoms with Gasteiger partial charge in [-0.25, -0.2) is 0 Å². The SMILES string of the molecule is Clc1ccc2c(-c3cc[nH]c3)c[nH]c2c1. The standard InChI is InChI=1S/C12H9ClN2/c13-9-1-2-10-11(7-15-12(10)5-9)8-3-4-14-6-8/h1-7,14-15H. The molecule has 0 unspecified atom stereocenters. The number of benzene rings is 1. The van der Waals surface area contributed by atoms with E-state index in [1.165, 1.54) is 16.5 Å². The second-order valence-electron chi connectivity index (χ2n) is 3.49. The molecule has 2 N–H and O–H groups in total. The summed E-state index contributed by atoms with van der Waals surface area (Å²) in [5, 5.41) is 1.95. The van der Waals surface area contributed by atoms with E-state index in [9.17, 15) is 0 Å². The number of aromatic amines is 2. The van der Waals surface area contributed by atoms with Crippen LogP contribution in [0.1, 0.15) is 0 Å². The minimum atomic E-state index is 0.755. The molecule has 74 valence electrons. The summed E-state index contributed by atoms with van der Waals surface area (Å²) in [4.78, 5) is 6.27. The third-order valence-corrected chi connectivity index (χ3v) is 2.79. The summed E-state index contributed by atoms with van der Waals surface area (Å²) in [6.45, 7) is 0. The zero-order valence-corrected chi connectivity index (χ0v) is 8.68. The van der Waals surface area contributed by atoms with Gasteiger partial charge >= 0.3 is 0 Å². The first-order chi connectivity index (χ1) is 7.34. The summed E-state index contributed by atoms with van der Waals surface area (Å²) >= 11 is 5.93. The van der Waals surface area contributed by atoms with E-state index in [1.807, 2.05) is 36.8 Å². The van der Waals surface area contributed by atoms with Crippen molar-refractivity contribution in [1.29, 1.82) is 0 Å². The van der Waals surface area contributed by atoms with Crippen LogP contribution in [0.25, 0.3) is 22.0 Å². The monoisotopic (exact) mass is 216 g/mol. The minimum absolute atomic E-state index is 0.755. The van der Waals surface area contributed by atoms with Gasteiger partial charge in [-0.3, -0.25) is 0 Å². The molecule has 0 spiro atoms. The quantitative estimate of drug-likeness (QED) is 0.620. The molecule has 0 aliphatic carbocycles. The van der Waals surface area contributed by atoms with E-state index >= 15 is 0 Å². The van der Waals surface area contributed by atoms with E-state index in [4.69, 9.17) is 11.6 Å². The smallest absolute Gasteiger partial charge is 0.0475 e. The lowest BCUT2D eigenvalue weighted by Gasteiger charge is -1.95. The fourth-order valence-corrected chi connectivity index (χ4v) is 2.00. The molecule has 0 saturated heterocycles. The maximum atomic E-state index is 5.93. The van der Waals surface area contributed by atoms with Crippen molar-refractivity contribution in [2.75, 3.05) is 0 Å². The Hall–Kier alpha value is -1.67. The molecule has 3 rings (SSSR count). The van der Waals surface area contributed by atoms with Gasteiger partial charge in [-0.15, -0.1) is 0 Å². The van der Waals surface area contributed by atoms with Gasteiger partial charge in [-0.1, -0.05) is 17.7 Å². The van der Waals surface area contributed by atoms with Crippen molar-refractivity contribution in [2.24, 2.45) is 0 Å². The second-order valence-corrected chi connectivity index (χ2v) is 3.93. The Kier molecular flexibility index (Phi) is 1.82. The van der Waals surface area contributed by atoms with Gasteiger partial charge < -0.3 is 9.97 Å². The van der Waals surface area contributed by atoms with E-state index < -0.39 is 0 Å². The number of hydrogen-bond donors (Lipinski definition) is 2. The number of rotatable bonds is 1. The molecule has 3 aromatic rings. The fraction of sp³-hybridized carbons (Fsp3) is 0. The Morgan fingerprint density at radius 3 is 2.80 bits per heavy atom. The van der Waals surface area contributed by atoms with Crippen LogP contribution in [0.2, 0.25) is 5.02 Å². The topological polar surface area (TPSA) is 31.6 Å². The molecule has 2 nitrogen and oxygen atoms in total. The molecule has 0 bridgehead atoms. The van der Waals surface area contributed by atoms with Crippen molar-refractivity contribution < 1.29 is 0 Å². The number of halogens is 1. The van der Waals surface area contributed by atoms with Crippen LogP contribution in [0.4, 0.5) is 0 Å². The average Bonchev–Trinajstić information content (AvgIpc) is 2.82.